The molecule has 0 unspecified atom stereocenters. The van der Waals surface area contributed by atoms with Crippen LogP contribution in [0.25, 0.3) is 11.4 Å². The summed E-state index contributed by atoms with van der Waals surface area (Å²) in [6.07, 6.45) is 5.05. The summed E-state index contributed by atoms with van der Waals surface area (Å²) in [6, 6.07) is 8.07. The average Bonchev–Trinajstić information content (AvgIpc) is 3.36. The van der Waals surface area contributed by atoms with Crippen LogP contribution in [0, 0.1) is 18.7 Å². The minimum Gasteiger partial charge on any atom is -0.494 e. The molecule has 1 aliphatic carbocycles. The molecule has 2 heterocycles. The van der Waals surface area contributed by atoms with Crippen LogP contribution in [-0.2, 0) is 17.8 Å². The van der Waals surface area contributed by atoms with Gasteiger partial charge in [0.15, 0.2) is 17.4 Å². The van der Waals surface area contributed by atoms with Crippen LogP contribution < -0.4 is 15.4 Å². The van der Waals surface area contributed by atoms with E-state index in [2.05, 4.69) is 25.7 Å². The van der Waals surface area contributed by atoms with Crippen LogP contribution in [0.1, 0.15) is 68.2 Å². The summed E-state index contributed by atoms with van der Waals surface area (Å²) in [7, 11) is 1.39. The quantitative estimate of drug-likeness (QED) is 0.411. The van der Waals surface area contributed by atoms with Crippen molar-refractivity contribution in [2.45, 2.75) is 78.1 Å². The van der Waals surface area contributed by atoms with Crippen molar-refractivity contribution < 1.29 is 23.5 Å². The highest BCUT2D eigenvalue weighted by molar-refractivity contribution is 5.93. The van der Waals surface area contributed by atoms with Crippen molar-refractivity contribution in [2.24, 2.45) is 5.92 Å². The number of aromatic nitrogens is 4. The number of pyridine rings is 1. The van der Waals surface area contributed by atoms with Crippen molar-refractivity contribution in [2.75, 3.05) is 7.11 Å². The van der Waals surface area contributed by atoms with E-state index in [1.54, 1.807) is 24.5 Å². The molecule has 0 aliphatic heterocycles. The standard InChI is InChI=1S/C29H37FN6O4/c1-18-12-21(14-24(33-18)27(37)31-15-20-8-11-23(30)25(13-20)39-5)26-32-17-36(35-26)16-19-6-9-22(10-7-19)34-28(38)40-29(2,3)4/h8,11-14,17,19,22H,6-7,9-10,15-16H2,1-5H3,(H,31,37)(H,34,38)/t19-,22-. The second-order valence-electron chi connectivity index (χ2n) is 11.2. The zero-order valence-electron chi connectivity index (χ0n) is 23.7. The molecule has 0 spiro atoms. The highest BCUT2D eigenvalue weighted by Gasteiger charge is 2.25. The van der Waals surface area contributed by atoms with Crippen LogP contribution in [0.3, 0.4) is 0 Å². The Labute approximate surface area is 233 Å². The van der Waals surface area contributed by atoms with Crippen LogP contribution in [0.4, 0.5) is 9.18 Å². The molecule has 1 aliphatic rings. The normalized spacial score (nSPS) is 17.2. The van der Waals surface area contributed by atoms with E-state index in [4.69, 9.17) is 9.47 Å². The minimum absolute atomic E-state index is 0.117. The first kappa shape index (κ1) is 29.0. The van der Waals surface area contributed by atoms with Crippen LogP contribution >= 0.6 is 0 Å². The van der Waals surface area contributed by atoms with Crippen LogP contribution in [-0.4, -0.2) is 50.5 Å². The number of carbonyl (C=O) groups is 2. The van der Waals surface area contributed by atoms with Gasteiger partial charge in [-0.05, 0) is 89.1 Å². The SMILES string of the molecule is COc1cc(CNC(=O)c2cc(-c3ncn(C[C@H]4CC[C@H](NC(=O)OC(C)(C)C)CC4)n3)cc(C)n2)ccc1F. The summed E-state index contributed by atoms with van der Waals surface area (Å²) < 4.78 is 25.9. The van der Waals surface area contributed by atoms with Gasteiger partial charge < -0.3 is 20.1 Å². The molecule has 0 bridgehead atoms. The van der Waals surface area contributed by atoms with Gasteiger partial charge in [0.05, 0.1) is 7.11 Å². The Morgan fingerprint density at radius 2 is 1.88 bits per heavy atom. The molecule has 0 saturated heterocycles. The fourth-order valence-corrected chi connectivity index (χ4v) is 4.74. The Kier molecular flexibility index (Phi) is 9.01. The van der Waals surface area contributed by atoms with Gasteiger partial charge in [0.1, 0.15) is 17.6 Å². The molecule has 10 nitrogen and oxygen atoms in total. The number of alkyl carbamates (subject to hydrolysis) is 1. The van der Waals surface area contributed by atoms with Gasteiger partial charge in [-0.2, -0.15) is 5.10 Å². The molecular weight excluding hydrogens is 515 g/mol. The molecule has 1 fully saturated rings. The zero-order chi connectivity index (χ0) is 28.9. The summed E-state index contributed by atoms with van der Waals surface area (Å²) in [5.74, 6) is 0.247. The Bertz CT molecular complexity index is 1340. The van der Waals surface area contributed by atoms with E-state index in [1.165, 1.54) is 13.2 Å². The van der Waals surface area contributed by atoms with Gasteiger partial charge in [-0.1, -0.05) is 6.07 Å². The van der Waals surface area contributed by atoms with Crippen LogP contribution in [0.15, 0.2) is 36.7 Å². The predicted molar refractivity (Wildman–Crippen MR) is 147 cm³/mol. The van der Waals surface area contributed by atoms with E-state index in [1.807, 2.05) is 38.4 Å². The number of methoxy groups -OCH3 is 1. The molecule has 2 N–H and O–H groups in total. The Morgan fingerprint density at radius 3 is 2.58 bits per heavy atom. The van der Waals surface area contributed by atoms with Crippen molar-refractivity contribution in [1.29, 1.82) is 0 Å². The van der Waals surface area contributed by atoms with Gasteiger partial charge in [0.2, 0.25) is 0 Å². The number of amides is 2. The number of hydrogen-bond acceptors (Lipinski definition) is 7. The number of halogens is 1. The summed E-state index contributed by atoms with van der Waals surface area (Å²) >= 11 is 0. The van der Waals surface area contributed by atoms with Crippen molar-refractivity contribution >= 4 is 12.0 Å². The first-order valence-corrected chi connectivity index (χ1v) is 13.5. The maximum absolute atomic E-state index is 13.7. The topological polar surface area (TPSA) is 120 Å². The van der Waals surface area contributed by atoms with Gasteiger partial charge in [-0.15, -0.1) is 0 Å². The largest absolute Gasteiger partial charge is 0.494 e. The fraction of sp³-hybridized carbons (Fsp3) is 0.483. The smallest absolute Gasteiger partial charge is 0.407 e. The van der Waals surface area contributed by atoms with E-state index in [9.17, 15) is 14.0 Å². The van der Waals surface area contributed by atoms with Gasteiger partial charge in [-0.25, -0.2) is 19.2 Å². The van der Waals surface area contributed by atoms with Crippen LogP contribution in [0.2, 0.25) is 0 Å². The Balaban J connectivity index is 1.32. The highest BCUT2D eigenvalue weighted by atomic mass is 19.1. The predicted octanol–water partition coefficient (Wildman–Crippen LogP) is 4.81. The lowest BCUT2D eigenvalue weighted by Crippen LogP contribution is -2.41. The molecule has 40 heavy (non-hydrogen) atoms. The molecule has 4 rings (SSSR count). The molecule has 1 aromatic carbocycles. The minimum atomic E-state index is -0.511. The molecule has 11 heteroatoms. The van der Waals surface area contributed by atoms with E-state index in [0.717, 1.165) is 32.2 Å². The zero-order valence-corrected chi connectivity index (χ0v) is 23.7. The summed E-state index contributed by atoms with van der Waals surface area (Å²) in [4.78, 5) is 33.7. The van der Waals surface area contributed by atoms with Crippen molar-refractivity contribution in [3.05, 3.63) is 59.4 Å². The second kappa shape index (κ2) is 12.4. The Hall–Kier alpha value is -4.02. The number of carbonyl (C=O) groups excluding carboxylic acids is 2. The van der Waals surface area contributed by atoms with Gasteiger partial charge >= 0.3 is 6.09 Å². The first-order chi connectivity index (χ1) is 19.0. The van der Waals surface area contributed by atoms with E-state index in [-0.39, 0.29) is 36.0 Å². The number of benzene rings is 1. The monoisotopic (exact) mass is 552 g/mol. The van der Waals surface area contributed by atoms with Crippen molar-refractivity contribution in [1.82, 2.24) is 30.4 Å². The molecular formula is C29H37FN6O4. The number of nitrogens with one attached hydrogen (secondary N) is 2. The van der Waals surface area contributed by atoms with Gasteiger partial charge in [0, 0.05) is 30.4 Å². The Morgan fingerprint density at radius 1 is 1.12 bits per heavy atom. The lowest BCUT2D eigenvalue weighted by molar-refractivity contribution is 0.0485. The third-order valence-electron chi connectivity index (χ3n) is 6.66. The number of ether oxygens (including phenoxy) is 2. The van der Waals surface area contributed by atoms with Gasteiger partial charge in [0.25, 0.3) is 5.91 Å². The van der Waals surface area contributed by atoms with Crippen molar-refractivity contribution in [3.8, 4) is 17.1 Å². The molecule has 214 valence electrons. The lowest BCUT2D eigenvalue weighted by atomic mass is 9.86. The number of hydrogen-bond donors (Lipinski definition) is 2. The van der Waals surface area contributed by atoms with Gasteiger partial charge in [-0.3, -0.25) is 9.48 Å². The summed E-state index contributed by atoms with van der Waals surface area (Å²) in [5, 5.41) is 10.4. The molecule has 2 amide bonds. The number of nitrogens with zero attached hydrogens (tertiary/aromatic N) is 4. The fourth-order valence-electron chi connectivity index (χ4n) is 4.74. The average molecular weight is 553 g/mol. The van der Waals surface area contributed by atoms with Crippen molar-refractivity contribution in [3.63, 3.8) is 0 Å². The van der Waals surface area contributed by atoms with E-state index >= 15 is 0 Å². The molecule has 0 atom stereocenters. The number of rotatable bonds is 8. The summed E-state index contributed by atoms with van der Waals surface area (Å²) in [6.45, 7) is 8.30. The maximum Gasteiger partial charge on any atom is 0.407 e. The lowest BCUT2D eigenvalue weighted by Gasteiger charge is -2.30. The molecule has 3 aromatic rings. The highest BCUT2D eigenvalue weighted by Crippen LogP contribution is 2.26. The first-order valence-electron chi connectivity index (χ1n) is 13.5. The summed E-state index contributed by atoms with van der Waals surface area (Å²) in [5.41, 5.74) is 1.80. The molecule has 1 saturated carbocycles. The molecule has 2 aromatic heterocycles. The number of aryl methyl sites for hydroxylation is 1. The van der Waals surface area contributed by atoms with E-state index < -0.39 is 11.4 Å². The third kappa shape index (κ3) is 8.00. The third-order valence-corrected chi connectivity index (χ3v) is 6.66. The maximum atomic E-state index is 13.7. The van der Waals surface area contributed by atoms with E-state index in [0.29, 0.717) is 28.6 Å². The molecule has 0 radical (unpaired) electrons. The second-order valence-corrected chi connectivity index (χ2v) is 11.2. The van der Waals surface area contributed by atoms with Crippen LogP contribution in [0.5, 0.6) is 5.75 Å².